The second-order valence-corrected chi connectivity index (χ2v) is 8.89. The number of nitrogens with zero attached hydrogens (tertiary/aromatic N) is 2. The predicted molar refractivity (Wildman–Crippen MR) is 123 cm³/mol. The van der Waals surface area contributed by atoms with Crippen LogP contribution in [0.3, 0.4) is 0 Å². The molecule has 1 aromatic rings. The lowest BCUT2D eigenvalue weighted by Crippen LogP contribution is -2.58. The minimum atomic E-state index is -1.41. The molecule has 2 bridgehead atoms. The average Bonchev–Trinajstić information content (AvgIpc) is 3.24. The van der Waals surface area contributed by atoms with Gasteiger partial charge in [0.15, 0.2) is 0 Å². The van der Waals surface area contributed by atoms with Crippen LogP contribution in [0.5, 0.6) is 5.75 Å². The van der Waals surface area contributed by atoms with Crippen molar-refractivity contribution in [2.24, 2.45) is 17.4 Å². The van der Waals surface area contributed by atoms with Crippen LogP contribution >= 0.6 is 0 Å². The summed E-state index contributed by atoms with van der Waals surface area (Å²) < 4.78 is 5.92. The Labute approximate surface area is 205 Å². The molecular formula is C22H28N6O8. The highest BCUT2D eigenvalue weighted by atomic mass is 16.6. The second-order valence-electron chi connectivity index (χ2n) is 8.89. The van der Waals surface area contributed by atoms with Gasteiger partial charge in [-0.25, -0.2) is 0 Å². The maximum atomic E-state index is 13.4. The first-order chi connectivity index (χ1) is 16.9. The van der Waals surface area contributed by atoms with E-state index in [1.165, 1.54) is 6.07 Å². The van der Waals surface area contributed by atoms with E-state index >= 15 is 0 Å². The van der Waals surface area contributed by atoms with Crippen LogP contribution in [0.25, 0.3) is 0 Å². The Morgan fingerprint density at radius 3 is 2.53 bits per heavy atom. The van der Waals surface area contributed by atoms with Gasteiger partial charge in [-0.05, 0) is 12.0 Å². The van der Waals surface area contributed by atoms with Gasteiger partial charge in [0, 0.05) is 18.6 Å². The molecule has 2 heterocycles. The first-order valence-electron chi connectivity index (χ1n) is 11.4. The fraction of sp³-hybridized carbons (Fsp3) is 0.500. The smallest absolute Gasteiger partial charge is 0.270 e. The van der Waals surface area contributed by atoms with Crippen LogP contribution in [0.1, 0.15) is 43.5 Å². The van der Waals surface area contributed by atoms with E-state index in [2.05, 4.69) is 10.6 Å². The van der Waals surface area contributed by atoms with Crippen LogP contribution in [0.15, 0.2) is 18.2 Å². The summed E-state index contributed by atoms with van der Waals surface area (Å²) in [6.07, 6.45) is -0.948. The topological polar surface area (TPSA) is 217 Å². The van der Waals surface area contributed by atoms with Crippen LogP contribution in [0.4, 0.5) is 5.69 Å². The first kappa shape index (κ1) is 26.4. The van der Waals surface area contributed by atoms with Gasteiger partial charge in [0.2, 0.25) is 23.6 Å². The molecule has 0 radical (unpaired) electrons. The Morgan fingerprint density at radius 2 is 1.94 bits per heavy atom. The molecule has 36 heavy (non-hydrogen) atoms. The number of nitrogens with one attached hydrogen (secondary N) is 2. The summed E-state index contributed by atoms with van der Waals surface area (Å²) in [5.74, 6) is -4.49. The number of benzene rings is 1. The van der Waals surface area contributed by atoms with E-state index in [0.29, 0.717) is 6.42 Å². The summed E-state index contributed by atoms with van der Waals surface area (Å²) in [6.45, 7) is 3.32. The van der Waals surface area contributed by atoms with Crippen molar-refractivity contribution in [1.29, 1.82) is 0 Å². The molecule has 2 aliphatic heterocycles. The summed E-state index contributed by atoms with van der Waals surface area (Å²) in [6, 6.07) is -0.283. The van der Waals surface area contributed by atoms with E-state index in [-0.39, 0.29) is 30.0 Å². The van der Waals surface area contributed by atoms with E-state index in [4.69, 9.17) is 16.2 Å². The summed E-state index contributed by atoms with van der Waals surface area (Å²) in [5.41, 5.74) is 10.2. The summed E-state index contributed by atoms with van der Waals surface area (Å²) in [7, 11) is 0. The fourth-order valence-electron chi connectivity index (χ4n) is 4.27. The SMILES string of the molecule is CC[C@@H](C)[C@@H]1NC(=O)c2cc([N+](=O)[O-])ccc2O[C@@H]2C[C@@H](C(N)=O)N(C2)C(=O)[C@H](CC(N)=O)NC1=O. The molecule has 194 valence electrons. The Balaban J connectivity index is 2.13. The quantitative estimate of drug-likeness (QED) is 0.276. The van der Waals surface area contributed by atoms with E-state index in [1.54, 1.807) is 13.8 Å². The van der Waals surface area contributed by atoms with E-state index in [9.17, 15) is 34.1 Å². The van der Waals surface area contributed by atoms with Gasteiger partial charge in [0.25, 0.3) is 11.6 Å². The number of rotatable bonds is 6. The largest absolute Gasteiger partial charge is 0.488 e. The molecular weight excluding hydrogens is 476 g/mol. The number of carbonyl (C=O) groups excluding carboxylic acids is 5. The number of nitrogens with two attached hydrogens (primary N) is 2. The van der Waals surface area contributed by atoms with Gasteiger partial charge in [-0.3, -0.25) is 34.1 Å². The van der Waals surface area contributed by atoms with Crippen molar-refractivity contribution < 1.29 is 33.6 Å². The van der Waals surface area contributed by atoms with Gasteiger partial charge in [0.1, 0.15) is 30.0 Å². The lowest BCUT2D eigenvalue weighted by atomic mass is 9.97. The maximum absolute atomic E-state index is 13.4. The van der Waals surface area contributed by atoms with Crippen molar-refractivity contribution in [3.05, 3.63) is 33.9 Å². The van der Waals surface area contributed by atoms with E-state index in [1.807, 2.05) is 0 Å². The van der Waals surface area contributed by atoms with Gasteiger partial charge in [-0.15, -0.1) is 0 Å². The highest BCUT2D eigenvalue weighted by Gasteiger charge is 2.44. The Bertz CT molecular complexity index is 1110. The van der Waals surface area contributed by atoms with Crippen molar-refractivity contribution in [1.82, 2.24) is 15.5 Å². The van der Waals surface area contributed by atoms with E-state index < -0.39 is 71.0 Å². The first-order valence-corrected chi connectivity index (χ1v) is 11.4. The van der Waals surface area contributed by atoms with Gasteiger partial charge in [-0.2, -0.15) is 0 Å². The molecule has 2 aliphatic rings. The molecule has 1 saturated heterocycles. The van der Waals surface area contributed by atoms with Crippen LogP contribution < -0.4 is 26.8 Å². The number of hydrogen-bond donors (Lipinski definition) is 4. The number of nitro benzene ring substituents is 1. The Kier molecular flexibility index (Phi) is 7.75. The summed E-state index contributed by atoms with van der Waals surface area (Å²) in [5, 5.41) is 16.4. The van der Waals surface area contributed by atoms with Gasteiger partial charge >= 0.3 is 0 Å². The number of ether oxygens (including phenoxy) is 1. The highest BCUT2D eigenvalue weighted by Crippen LogP contribution is 2.30. The molecule has 6 N–H and O–H groups in total. The molecule has 0 aliphatic carbocycles. The third kappa shape index (κ3) is 5.53. The standard InChI is InChI=1S/C22H28N6O8/c1-3-10(2)18-21(32)25-14(8-17(23)29)22(33)27-9-12(7-15(27)19(24)30)36-16-5-4-11(28(34)35)6-13(16)20(31)26-18/h4-6,10,12,14-15,18H,3,7-9H2,1-2H3,(H2,23,29)(H2,24,30)(H,25,32)(H,26,31)/t10-,12-,14+,15+,18+/m1/s1. The zero-order valence-corrected chi connectivity index (χ0v) is 19.8. The van der Waals surface area contributed by atoms with Crippen molar-refractivity contribution in [2.75, 3.05) is 6.54 Å². The summed E-state index contributed by atoms with van der Waals surface area (Å²) in [4.78, 5) is 75.4. The van der Waals surface area contributed by atoms with Crippen LogP contribution in [-0.2, 0) is 19.2 Å². The lowest BCUT2D eigenvalue weighted by molar-refractivity contribution is -0.384. The lowest BCUT2D eigenvalue weighted by Gasteiger charge is -2.29. The number of nitro groups is 1. The van der Waals surface area contributed by atoms with Crippen molar-refractivity contribution in [3.8, 4) is 5.75 Å². The number of primary amides is 2. The molecule has 14 heteroatoms. The van der Waals surface area contributed by atoms with Gasteiger partial charge < -0.3 is 31.7 Å². The third-order valence-electron chi connectivity index (χ3n) is 6.39. The zero-order chi connectivity index (χ0) is 26.7. The number of amides is 5. The molecule has 0 unspecified atom stereocenters. The minimum Gasteiger partial charge on any atom is -0.488 e. The van der Waals surface area contributed by atoms with Crippen molar-refractivity contribution >= 4 is 35.2 Å². The molecule has 14 nitrogen and oxygen atoms in total. The van der Waals surface area contributed by atoms with Gasteiger partial charge in [0.05, 0.1) is 23.5 Å². The summed E-state index contributed by atoms with van der Waals surface area (Å²) >= 11 is 0. The third-order valence-corrected chi connectivity index (χ3v) is 6.39. The van der Waals surface area contributed by atoms with E-state index in [0.717, 1.165) is 17.0 Å². The zero-order valence-electron chi connectivity index (χ0n) is 19.8. The highest BCUT2D eigenvalue weighted by molar-refractivity contribution is 6.01. The number of carbonyl (C=O) groups is 5. The number of hydrogen-bond acceptors (Lipinski definition) is 8. The number of fused-ring (bicyclic) bond motifs is 3. The molecule has 0 aromatic heterocycles. The molecule has 1 aromatic carbocycles. The Morgan fingerprint density at radius 1 is 1.25 bits per heavy atom. The Hall–Kier alpha value is -4.23. The molecule has 3 rings (SSSR count). The van der Waals surface area contributed by atoms with Crippen molar-refractivity contribution in [2.45, 2.75) is 57.3 Å². The number of non-ortho nitro benzene ring substituents is 1. The monoisotopic (exact) mass is 504 g/mol. The van der Waals surface area contributed by atoms with Crippen LogP contribution in [0, 0.1) is 16.0 Å². The maximum Gasteiger partial charge on any atom is 0.270 e. The van der Waals surface area contributed by atoms with Crippen LogP contribution in [0.2, 0.25) is 0 Å². The predicted octanol–water partition coefficient (Wildman–Crippen LogP) is -1.05. The molecule has 5 amide bonds. The fourth-order valence-corrected chi connectivity index (χ4v) is 4.27. The van der Waals surface area contributed by atoms with Gasteiger partial charge in [-0.1, -0.05) is 20.3 Å². The molecule has 0 saturated carbocycles. The molecule has 1 fully saturated rings. The molecule has 0 spiro atoms. The van der Waals surface area contributed by atoms with Crippen molar-refractivity contribution in [3.63, 3.8) is 0 Å². The molecule has 5 atom stereocenters. The minimum absolute atomic E-state index is 0.0307. The second kappa shape index (κ2) is 10.6. The normalized spacial score (nSPS) is 25.2. The average molecular weight is 505 g/mol. The van der Waals surface area contributed by atoms with Crippen LogP contribution in [-0.4, -0.2) is 70.1 Å².